The molecule has 0 saturated heterocycles. The summed E-state index contributed by atoms with van der Waals surface area (Å²) < 4.78 is 29.7. The quantitative estimate of drug-likeness (QED) is 0.567. The highest BCUT2D eigenvalue weighted by atomic mass is 32.2. The third-order valence-corrected chi connectivity index (χ3v) is 7.78. The summed E-state index contributed by atoms with van der Waals surface area (Å²) in [5.74, 6) is 0.308. The highest BCUT2D eigenvalue weighted by molar-refractivity contribution is 7.89. The summed E-state index contributed by atoms with van der Waals surface area (Å²) in [4.78, 5) is 3.84. The van der Waals surface area contributed by atoms with E-state index in [0.29, 0.717) is 10.8 Å². The van der Waals surface area contributed by atoms with Crippen molar-refractivity contribution in [2.24, 2.45) is 5.92 Å². The summed E-state index contributed by atoms with van der Waals surface area (Å²) >= 11 is 0. The molecule has 0 spiro atoms. The Labute approximate surface area is 173 Å². The molecule has 0 aliphatic heterocycles. The molecule has 1 fully saturated rings. The van der Waals surface area contributed by atoms with Crippen LogP contribution in [0.15, 0.2) is 47.4 Å². The van der Waals surface area contributed by atoms with Gasteiger partial charge in [0.05, 0.1) is 10.9 Å². The van der Waals surface area contributed by atoms with Gasteiger partial charge in [-0.1, -0.05) is 55.2 Å². The minimum absolute atomic E-state index is 0.225. The SMILES string of the molecule is Cc1ccc(S(=O)(=O)NC(c2c(C)[nH]c3c(C)cccc23)C2CCCCC2)cc1. The van der Waals surface area contributed by atoms with E-state index < -0.39 is 10.0 Å². The van der Waals surface area contributed by atoms with Gasteiger partial charge in [-0.15, -0.1) is 0 Å². The normalized spacial score (nSPS) is 16.9. The van der Waals surface area contributed by atoms with E-state index in [1.54, 1.807) is 12.1 Å². The van der Waals surface area contributed by atoms with Crippen LogP contribution in [0.3, 0.4) is 0 Å². The van der Waals surface area contributed by atoms with Gasteiger partial charge in [-0.05, 0) is 62.8 Å². The number of benzene rings is 2. The molecule has 0 radical (unpaired) electrons. The Morgan fingerprint density at radius 2 is 1.66 bits per heavy atom. The Balaban J connectivity index is 1.80. The maximum absolute atomic E-state index is 13.3. The topological polar surface area (TPSA) is 62.0 Å². The fourth-order valence-electron chi connectivity index (χ4n) is 4.73. The Morgan fingerprint density at radius 3 is 2.34 bits per heavy atom. The van der Waals surface area contributed by atoms with Gasteiger partial charge >= 0.3 is 0 Å². The molecule has 1 heterocycles. The van der Waals surface area contributed by atoms with Crippen LogP contribution in [0.25, 0.3) is 10.9 Å². The van der Waals surface area contributed by atoms with Gasteiger partial charge in [-0.3, -0.25) is 0 Å². The molecule has 4 nitrogen and oxygen atoms in total. The van der Waals surface area contributed by atoms with Crippen LogP contribution in [0, 0.1) is 26.7 Å². The number of aromatic nitrogens is 1. The molecule has 4 rings (SSSR count). The van der Waals surface area contributed by atoms with Crippen LogP contribution >= 0.6 is 0 Å². The predicted molar refractivity (Wildman–Crippen MR) is 119 cm³/mol. The lowest BCUT2D eigenvalue weighted by Crippen LogP contribution is -2.34. The first-order chi connectivity index (χ1) is 13.9. The molecule has 29 heavy (non-hydrogen) atoms. The van der Waals surface area contributed by atoms with Crippen molar-refractivity contribution in [3.8, 4) is 0 Å². The molecule has 1 atom stereocenters. The van der Waals surface area contributed by atoms with Crippen molar-refractivity contribution in [3.63, 3.8) is 0 Å². The first kappa shape index (κ1) is 20.2. The molecule has 1 unspecified atom stereocenters. The zero-order valence-electron chi connectivity index (χ0n) is 17.5. The molecule has 1 aliphatic carbocycles. The fraction of sp³-hybridized carbons (Fsp3) is 0.417. The average molecular weight is 411 g/mol. The van der Waals surface area contributed by atoms with Gasteiger partial charge < -0.3 is 4.98 Å². The zero-order valence-corrected chi connectivity index (χ0v) is 18.3. The highest BCUT2D eigenvalue weighted by Gasteiger charge is 2.32. The number of hydrogen-bond acceptors (Lipinski definition) is 2. The van der Waals surface area contributed by atoms with Gasteiger partial charge in [0.15, 0.2) is 0 Å². The van der Waals surface area contributed by atoms with Crippen molar-refractivity contribution in [1.29, 1.82) is 0 Å². The smallest absolute Gasteiger partial charge is 0.241 e. The van der Waals surface area contributed by atoms with Crippen LogP contribution in [0.4, 0.5) is 0 Å². The summed E-state index contributed by atoms with van der Waals surface area (Å²) in [6.07, 6.45) is 5.67. The molecule has 0 bridgehead atoms. The molecular formula is C24H30N2O2S. The van der Waals surface area contributed by atoms with Crippen LogP contribution < -0.4 is 4.72 Å². The number of sulfonamides is 1. The molecule has 1 aliphatic rings. The molecule has 154 valence electrons. The first-order valence-corrected chi connectivity index (χ1v) is 12.0. The van der Waals surface area contributed by atoms with Crippen molar-refractivity contribution < 1.29 is 8.42 Å². The van der Waals surface area contributed by atoms with Crippen molar-refractivity contribution in [2.75, 3.05) is 0 Å². The lowest BCUT2D eigenvalue weighted by atomic mass is 9.81. The standard InChI is InChI=1S/C24H30N2O2S/c1-16-12-14-20(15-13-16)29(27,28)26-24(19-9-5-4-6-10-19)22-18(3)25-23-17(2)8-7-11-21(22)23/h7-8,11-15,19,24-26H,4-6,9-10H2,1-3H3. The number of hydrogen-bond donors (Lipinski definition) is 2. The summed E-state index contributed by atoms with van der Waals surface area (Å²) in [5.41, 5.74) is 5.49. The highest BCUT2D eigenvalue weighted by Crippen LogP contribution is 2.40. The third-order valence-electron chi connectivity index (χ3n) is 6.33. The van der Waals surface area contributed by atoms with Crippen molar-refractivity contribution in [3.05, 3.63) is 64.8 Å². The molecule has 1 aromatic heterocycles. The monoisotopic (exact) mass is 410 g/mol. The Morgan fingerprint density at radius 1 is 0.966 bits per heavy atom. The largest absolute Gasteiger partial charge is 0.358 e. The van der Waals surface area contributed by atoms with E-state index in [2.05, 4.69) is 41.8 Å². The fourth-order valence-corrected chi connectivity index (χ4v) is 6.00. The predicted octanol–water partition coefficient (Wildman–Crippen LogP) is 5.69. The molecule has 5 heteroatoms. The Bertz CT molecular complexity index is 1110. The number of fused-ring (bicyclic) bond motifs is 1. The summed E-state index contributed by atoms with van der Waals surface area (Å²) in [7, 11) is -3.61. The molecule has 3 aromatic rings. The summed E-state index contributed by atoms with van der Waals surface area (Å²) in [6.45, 7) is 6.12. The van der Waals surface area contributed by atoms with Crippen molar-refractivity contribution in [2.45, 2.75) is 63.8 Å². The maximum atomic E-state index is 13.3. The Hall–Kier alpha value is -2.11. The zero-order chi connectivity index (χ0) is 20.6. The lowest BCUT2D eigenvalue weighted by Gasteiger charge is -2.31. The van der Waals surface area contributed by atoms with Gasteiger partial charge in [0, 0.05) is 16.6 Å². The van der Waals surface area contributed by atoms with E-state index in [1.807, 2.05) is 19.1 Å². The number of H-pyrrole nitrogens is 1. The van der Waals surface area contributed by atoms with Gasteiger partial charge in [-0.25, -0.2) is 13.1 Å². The number of rotatable bonds is 5. The van der Waals surface area contributed by atoms with Crippen molar-refractivity contribution in [1.82, 2.24) is 9.71 Å². The van der Waals surface area contributed by atoms with Gasteiger partial charge in [0.25, 0.3) is 0 Å². The van der Waals surface area contributed by atoms with Gasteiger partial charge in [-0.2, -0.15) is 0 Å². The molecule has 1 saturated carbocycles. The van der Waals surface area contributed by atoms with Crippen LogP contribution in [0.2, 0.25) is 0 Å². The van der Waals surface area contributed by atoms with Crippen LogP contribution in [-0.2, 0) is 10.0 Å². The molecule has 0 amide bonds. The van der Waals surface area contributed by atoms with E-state index in [0.717, 1.165) is 53.4 Å². The van der Waals surface area contributed by atoms with Crippen LogP contribution in [0.1, 0.15) is 60.5 Å². The van der Waals surface area contributed by atoms with E-state index in [4.69, 9.17) is 0 Å². The number of nitrogens with one attached hydrogen (secondary N) is 2. The molecular weight excluding hydrogens is 380 g/mol. The van der Waals surface area contributed by atoms with E-state index in [-0.39, 0.29) is 6.04 Å². The first-order valence-electron chi connectivity index (χ1n) is 10.5. The van der Waals surface area contributed by atoms with E-state index in [9.17, 15) is 8.42 Å². The van der Waals surface area contributed by atoms with Crippen LogP contribution in [0.5, 0.6) is 0 Å². The number of aromatic amines is 1. The summed E-state index contributed by atoms with van der Waals surface area (Å²) in [6, 6.07) is 13.1. The second kappa shape index (κ2) is 7.96. The third kappa shape index (κ3) is 3.99. The molecule has 2 aromatic carbocycles. The second-order valence-corrected chi connectivity index (χ2v) is 10.2. The van der Waals surface area contributed by atoms with Gasteiger partial charge in [0.2, 0.25) is 10.0 Å². The Kier molecular flexibility index (Phi) is 5.54. The number of aryl methyl sites for hydroxylation is 3. The van der Waals surface area contributed by atoms with Gasteiger partial charge in [0.1, 0.15) is 0 Å². The molecule has 2 N–H and O–H groups in total. The van der Waals surface area contributed by atoms with Crippen molar-refractivity contribution >= 4 is 20.9 Å². The van der Waals surface area contributed by atoms with E-state index in [1.165, 1.54) is 12.0 Å². The number of para-hydroxylation sites is 1. The maximum Gasteiger partial charge on any atom is 0.241 e. The minimum atomic E-state index is -3.61. The summed E-state index contributed by atoms with van der Waals surface area (Å²) in [5, 5.41) is 1.13. The minimum Gasteiger partial charge on any atom is -0.358 e. The lowest BCUT2D eigenvalue weighted by molar-refractivity contribution is 0.294. The average Bonchev–Trinajstić information content (AvgIpc) is 3.04. The van der Waals surface area contributed by atoms with Crippen LogP contribution in [-0.4, -0.2) is 13.4 Å². The van der Waals surface area contributed by atoms with E-state index >= 15 is 0 Å². The second-order valence-electron chi connectivity index (χ2n) is 8.47.